The van der Waals surface area contributed by atoms with Crippen molar-refractivity contribution in [2.24, 2.45) is 0 Å². The van der Waals surface area contributed by atoms with E-state index in [4.69, 9.17) is 6.42 Å². The molecule has 0 bridgehead atoms. The minimum absolute atomic E-state index is 0.943. The molecule has 0 unspecified atom stereocenters. The zero-order valence-corrected chi connectivity index (χ0v) is 11.5. The average molecular weight is 267 g/mol. The van der Waals surface area contributed by atoms with Gasteiger partial charge in [-0.3, -0.25) is 0 Å². The third-order valence-corrected chi connectivity index (χ3v) is 3.87. The van der Waals surface area contributed by atoms with Crippen LogP contribution in [0.1, 0.15) is 5.56 Å². The lowest BCUT2D eigenvalue weighted by Gasteiger charge is -2.07. The van der Waals surface area contributed by atoms with Crippen LogP contribution < -0.4 is 0 Å². The van der Waals surface area contributed by atoms with E-state index in [1.54, 1.807) is 0 Å². The molecule has 4 rings (SSSR count). The molecular formula is C20H13N. The molecular weight excluding hydrogens is 254 g/mol. The molecule has 0 aliphatic heterocycles. The molecule has 21 heavy (non-hydrogen) atoms. The fourth-order valence-corrected chi connectivity index (χ4v) is 2.99. The van der Waals surface area contributed by atoms with Crippen LogP contribution in [0.3, 0.4) is 0 Å². The lowest BCUT2D eigenvalue weighted by atomic mass is 10.1. The highest BCUT2D eigenvalue weighted by molar-refractivity contribution is 6.11. The van der Waals surface area contributed by atoms with Gasteiger partial charge in [-0.1, -0.05) is 48.4 Å². The monoisotopic (exact) mass is 267 g/mol. The molecule has 98 valence electrons. The van der Waals surface area contributed by atoms with E-state index in [0.29, 0.717) is 0 Å². The summed E-state index contributed by atoms with van der Waals surface area (Å²) in [6.45, 7) is 0. The quantitative estimate of drug-likeness (QED) is 0.438. The van der Waals surface area contributed by atoms with Crippen LogP contribution in [0.5, 0.6) is 0 Å². The Morgan fingerprint density at radius 2 is 1.43 bits per heavy atom. The predicted octanol–water partition coefficient (Wildman–Crippen LogP) is 4.77. The van der Waals surface area contributed by atoms with Crippen molar-refractivity contribution in [3.8, 4) is 18.0 Å². The largest absolute Gasteiger partial charge is 0.309 e. The van der Waals surface area contributed by atoms with Crippen LogP contribution in [0.2, 0.25) is 0 Å². The zero-order chi connectivity index (χ0) is 14.2. The molecule has 1 heteroatoms. The van der Waals surface area contributed by atoms with Crippen molar-refractivity contribution >= 4 is 21.8 Å². The molecule has 1 heterocycles. The predicted molar refractivity (Wildman–Crippen MR) is 88.7 cm³/mol. The minimum Gasteiger partial charge on any atom is -0.309 e. The van der Waals surface area contributed by atoms with Gasteiger partial charge in [0.25, 0.3) is 0 Å². The van der Waals surface area contributed by atoms with Crippen molar-refractivity contribution in [2.45, 2.75) is 0 Å². The van der Waals surface area contributed by atoms with E-state index in [2.05, 4.69) is 65.1 Å². The molecule has 0 saturated heterocycles. The van der Waals surface area contributed by atoms with Gasteiger partial charge in [0.1, 0.15) is 0 Å². The van der Waals surface area contributed by atoms with Gasteiger partial charge in [0.2, 0.25) is 0 Å². The number of aromatic nitrogens is 1. The van der Waals surface area contributed by atoms with Gasteiger partial charge in [0.15, 0.2) is 0 Å². The van der Waals surface area contributed by atoms with E-state index >= 15 is 0 Å². The third kappa shape index (κ3) is 1.67. The first-order valence-electron chi connectivity index (χ1n) is 6.94. The van der Waals surface area contributed by atoms with E-state index in [1.165, 1.54) is 10.9 Å². The molecule has 0 radical (unpaired) electrons. The highest BCUT2D eigenvalue weighted by Gasteiger charge is 2.13. The SMILES string of the molecule is C#Cc1cccc2c1c1ccccc1n2-c1ccccc1. The Morgan fingerprint density at radius 3 is 2.24 bits per heavy atom. The maximum absolute atomic E-state index is 5.70. The van der Waals surface area contributed by atoms with Crippen molar-refractivity contribution in [3.05, 3.63) is 78.4 Å². The molecule has 0 N–H and O–H groups in total. The minimum atomic E-state index is 0.943. The Labute approximate surface area is 123 Å². The Balaban J connectivity index is 2.27. The van der Waals surface area contributed by atoms with E-state index in [1.807, 2.05) is 18.2 Å². The molecule has 0 aliphatic rings. The summed E-state index contributed by atoms with van der Waals surface area (Å²) in [5.41, 5.74) is 4.43. The third-order valence-electron chi connectivity index (χ3n) is 3.87. The summed E-state index contributed by atoms with van der Waals surface area (Å²) in [5.74, 6) is 2.81. The summed E-state index contributed by atoms with van der Waals surface area (Å²) in [6, 6.07) is 24.9. The van der Waals surface area contributed by atoms with E-state index < -0.39 is 0 Å². The molecule has 0 saturated carbocycles. The molecule has 0 spiro atoms. The number of hydrogen-bond donors (Lipinski definition) is 0. The van der Waals surface area contributed by atoms with Crippen LogP contribution in [0.15, 0.2) is 72.8 Å². The van der Waals surface area contributed by atoms with Crippen LogP contribution in [-0.2, 0) is 0 Å². The fraction of sp³-hybridized carbons (Fsp3) is 0. The van der Waals surface area contributed by atoms with E-state index in [0.717, 1.165) is 22.2 Å². The Bertz CT molecular complexity index is 985. The molecule has 0 amide bonds. The lowest BCUT2D eigenvalue weighted by molar-refractivity contribution is 1.18. The van der Waals surface area contributed by atoms with E-state index in [9.17, 15) is 0 Å². The highest BCUT2D eigenvalue weighted by atomic mass is 15.0. The van der Waals surface area contributed by atoms with Gasteiger partial charge in [0, 0.05) is 22.0 Å². The first-order chi connectivity index (χ1) is 10.4. The van der Waals surface area contributed by atoms with Gasteiger partial charge in [0.05, 0.1) is 11.0 Å². The standard InChI is InChI=1S/C20H13N/c1-2-15-9-8-14-19-20(15)17-12-6-7-13-18(17)21(19)16-10-4-3-5-11-16/h1,3-14H. The summed E-state index contributed by atoms with van der Waals surface area (Å²) >= 11 is 0. The van der Waals surface area contributed by atoms with Crippen molar-refractivity contribution in [1.82, 2.24) is 4.57 Å². The zero-order valence-electron chi connectivity index (χ0n) is 11.5. The number of nitrogens with zero attached hydrogens (tertiary/aromatic N) is 1. The Hall–Kier alpha value is -2.98. The molecule has 0 aliphatic carbocycles. The summed E-state index contributed by atoms with van der Waals surface area (Å²) in [7, 11) is 0. The second-order valence-corrected chi connectivity index (χ2v) is 5.03. The van der Waals surface area contributed by atoms with Crippen molar-refractivity contribution < 1.29 is 0 Å². The molecule has 1 aromatic heterocycles. The Kier molecular flexibility index (Phi) is 2.55. The van der Waals surface area contributed by atoms with Crippen LogP contribution >= 0.6 is 0 Å². The molecule has 1 nitrogen and oxygen atoms in total. The number of hydrogen-bond acceptors (Lipinski definition) is 0. The van der Waals surface area contributed by atoms with Crippen LogP contribution in [0.25, 0.3) is 27.5 Å². The summed E-state index contributed by atoms with van der Waals surface area (Å²) in [6.07, 6.45) is 5.70. The molecule has 0 fully saturated rings. The molecule has 0 atom stereocenters. The first kappa shape index (κ1) is 11.8. The normalized spacial score (nSPS) is 10.8. The topological polar surface area (TPSA) is 4.93 Å². The second kappa shape index (κ2) is 4.54. The number of rotatable bonds is 1. The van der Waals surface area contributed by atoms with Crippen molar-refractivity contribution in [3.63, 3.8) is 0 Å². The van der Waals surface area contributed by atoms with Crippen molar-refractivity contribution in [2.75, 3.05) is 0 Å². The van der Waals surface area contributed by atoms with Crippen molar-refractivity contribution in [1.29, 1.82) is 0 Å². The van der Waals surface area contributed by atoms with Gasteiger partial charge in [-0.15, -0.1) is 6.42 Å². The maximum atomic E-state index is 5.70. The van der Waals surface area contributed by atoms with Gasteiger partial charge >= 0.3 is 0 Å². The molecule has 4 aromatic rings. The second-order valence-electron chi connectivity index (χ2n) is 5.03. The lowest BCUT2D eigenvalue weighted by Crippen LogP contribution is -1.92. The van der Waals surface area contributed by atoms with Crippen LogP contribution in [-0.4, -0.2) is 4.57 Å². The maximum Gasteiger partial charge on any atom is 0.0553 e. The van der Waals surface area contributed by atoms with E-state index in [-0.39, 0.29) is 0 Å². The number of benzene rings is 3. The smallest absolute Gasteiger partial charge is 0.0553 e. The first-order valence-corrected chi connectivity index (χ1v) is 6.94. The number of para-hydroxylation sites is 2. The number of terminal acetylenes is 1. The van der Waals surface area contributed by atoms with Crippen LogP contribution in [0, 0.1) is 12.3 Å². The van der Waals surface area contributed by atoms with Crippen LogP contribution in [0.4, 0.5) is 0 Å². The Morgan fingerprint density at radius 1 is 0.714 bits per heavy atom. The van der Waals surface area contributed by atoms with Gasteiger partial charge in [-0.05, 0) is 30.3 Å². The summed E-state index contributed by atoms with van der Waals surface area (Å²) in [4.78, 5) is 0. The highest BCUT2D eigenvalue weighted by Crippen LogP contribution is 2.33. The molecule has 3 aromatic carbocycles. The number of fused-ring (bicyclic) bond motifs is 3. The fourth-order valence-electron chi connectivity index (χ4n) is 2.99. The van der Waals surface area contributed by atoms with Gasteiger partial charge < -0.3 is 4.57 Å². The van der Waals surface area contributed by atoms with Gasteiger partial charge in [-0.2, -0.15) is 0 Å². The van der Waals surface area contributed by atoms with Gasteiger partial charge in [-0.25, -0.2) is 0 Å². The summed E-state index contributed by atoms with van der Waals surface area (Å²) in [5, 5.41) is 2.35. The summed E-state index contributed by atoms with van der Waals surface area (Å²) < 4.78 is 2.27. The average Bonchev–Trinajstić information content (AvgIpc) is 2.90.